The summed E-state index contributed by atoms with van der Waals surface area (Å²) in [6.45, 7) is 3.74. The molecule has 1 aromatic heterocycles. The molecule has 1 unspecified atom stereocenters. The SMILES string of the molecule is CN=C(NCCOc1cccnc1)NCC(C)Oc1cccc(OC)c1.I. The van der Waals surface area contributed by atoms with Crippen LogP contribution in [-0.2, 0) is 0 Å². The highest BCUT2D eigenvalue weighted by molar-refractivity contribution is 14.0. The van der Waals surface area contributed by atoms with E-state index in [0.29, 0.717) is 25.7 Å². The van der Waals surface area contributed by atoms with Gasteiger partial charge in [-0.1, -0.05) is 6.07 Å². The first-order chi connectivity index (χ1) is 12.7. The minimum Gasteiger partial charge on any atom is -0.497 e. The van der Waals surface area contributed by atoms with E-state index in [1.165, 1.54) is 0 Å². The molecule has 0 aliphatic rings. The van der Waals surface area contributed by atoms with E-state index in [-0.39, 0.29) is 30.1 Å². The van der Waals surface area contributed by atoms with Crippen molar-refractivity contribution in [2.75, 3.05) is 33.9 Å². The van der Waals surface area contributed by atoms with Gasteiger partial charge < -0.3 is 24.8 Å². The van der Waals surface area contributed by atoms with Gasteiger partial charge in [0.2, 0.25) is 0 Å². The monoisotopic (exact) mass is 486 g/mol. The zero-order valence-electron chi connectivity index (χ0n) is 15.8. The summed E-state index contributed by atoms with van der Waals surface area (Å²) in [7, 11) is 3.36. The summed E-state index contributed by atoms with van der Waals surface area (Å²) >= 11 is 0. The van der Waals surface area contributed by atoms with Crippen LogP contribution in [-0.4, -0.2) is 50.9 Å². The Hall–Kier alpha value is -2.23. The molecule has 0 saturated heterocycles. The van der Waals surface area contributed by atoms with Gasteiger partial charge >= 0.3 is 0 Å². The molecule has 0 saturated carbocycles. The van der Waals surface area contributed by atoms with Crippen LogP contribution in [0.1, 0.15) is 6.92 Å². The van der Waals surface area contributed by atoms with E-state index >= 15 is 0 Å². The third kappa shape index (κ3) is 8.80. The predicted molar refractivity (Wildman–Crippen MR) is 118 cm³/mol. The number of benzene rings is 1. The van der Waals surface area contributed by atoms with Crippen molar-refractivity contribution in [2.24, 2.45) is 4.99 Å². The largest absolute Gasteiger partial charge is 0.497 e. The van der Waals surface area contributed by atoms with E-state index in [9.17, 15) is 0 Å². The van der Waals surface area contributed by atoms with Crippen LogP contribution in [0.15, 0.2) is 53.8 Å². The number of nitrogens with zero attached hydrogens (tertiary/aromatic N) is 2. The number of ether oxygens (including phenoxy) is 3. The van der Waals surface area contributed by atoms with Gasteiger partial charge in [0.05, 0.1) is 26.4 Å². The quantitative estimate of drug-likeness (QED) is 0.246. The molecule has 0 aliphatic carbocycles. The fourth-order valence-electron chi connectivity index (χ4n) is 2.18. The standard InChI is InChI=1S/C19H26N4O3.HI/c1-15(26-17-7-4-6-16(12-17)24-3)13-23-19(20-2)22-10-11-25-18-8-5-9-21-14-18;/h4-9,12,14-15H,10-11,13H2,1-3H3,(H2,20,22,23);1H. The second kappa shape index (κ2) is 13.0. The van der Waals surface area contributed by atoms with E-state index in [1.54, 1.807) is 26.6 Å². The van der Waals surface area contributed by atoms with Crippen molar-refractivity contribution in [3.05, 3.63) is 48.8 Å². The van der Waals surface area contributed by atoms with Gasteiger partial charge in [0, 0.05) is 19.3 Å². The molecule has 0 aliphatic heterocycles. The molecule has 2 aromatic rings. The van der Waals surface area contributed by atoms with Crippen molar-refractivity contribution in [2.45, 2.75) is 13.0 Å². The summed E-state index contributed by atoms with van der Waals surface area (Å²) in [5.41, 5.74) is 0. The zero-order valence-corrected chi connectivity index (χ0v) is 18.2. The summed E-state index contributed by atoms with van der Waals surface area (Å²) in [4.78, 5) is 8.20. The van der Waals surface area contributed by atoms with Gasteiger partial charge in [-0.05, 0) is 31.2 Å². The average Bonchev–Trinajstić information content (AvgIpc) is 2.68. The molecule has 0 fully saturated rings. The normalized spacial score (nSPS) is 11.7. The van der Waals surface area contributed by atoms with Crippen LogP contribution in [0, 0.1) is 0 Å². The minimum absolute atomic E-state index is 0. The van der Waals surface area contributed by atoms with Crippen molar-refractivity contribution in [3.63, 3.8) is 0 Å². The lowest BCUT2D eigenvalue weighted by Gasteiger charge is -2.18. The molecular weight excluding hydrogens is 459 g/mol. The molecule has 1 heterocycles. The van der Waals surface area contributed by atoms with E-state index < -0.39 is 0 Å². The molecule has 0 bridgehead atoms. The number of nitrogens with one attached hydrogen (secondary N) is 2. The molecule has 148 valence electrons. The number of halogens is 1. The summed E-state index contributed by atoms with van der Waals surface area (Å²) < 4.78 is 16.7. The Morgan fingerprint density at radius 2 is 1.93 bits per heavy atom. The number of aliphatic imine (C=N–C) groups is 1. The van der Waals surface area contributed by atoms with Gasteiger partial charge in [-0.15, -0.1) is 24.0 Å². The van der Waals surface area contributed by atoms with Gasteiger partial charge in [-0.2, -0.15) is 0 Å². The minimum atomic E-state index is -0.0349. The smallest absolute Gasteiger partial charge is 0.191 e. The third-order valence-corrected chi connectivity index (χ3v) is 3.46. The number of rotatable bonds is 9. The summed E-state index contributed by atoms with van der Waals surface area (Å²) in [6, 6.07) is 11.3. The summed E-state index contributed by atoms with van der Waals surface area (Å²) in [6.07, 6.45) is 3.36. The average molecular weight is 486 g/mol. The van der Waals surface area contributed by atoms with Gasteiger partial charge in [-0.3, -0.25) is 9.98 Å². The summed E-state index contributed by atoms with van der Waals surface area (Å²) in [5, 5.41) is 6.43. The maximum Gasteiger partial charge on any atom is 0.191 e. The van der Waals surface area contributed by atoms with Crippen molar-refractivity contribution in [1.82, 2.24) is 15.6 Å². The molecule has 27 heavy (non-hydrogen) atoms. The predicted octanol–water partition coefficient (Wildman–Crippen LogP) is 2.72. The van der Waals surface area contributed by atoms with Crippen LogP contribution in [0.5, 0.6) is 17.2 Å². The lowest BCUT2D eigenvalue weighted by Crippen LogP contribution is -2.43. The number of guanidine groups is 1. The molecule has 1 atom stereocenters. The van der Waals surface area contributed by atoms with Gasteiger partial charge in [0.1, 0.15) is 30.0 Å². The van der Waals surface area contributed by atoms with Crippen molar-refractivity contribution < 1.29 is 14.2 Å². The maximum absolute atomic E-state index is 5.88. The van der Waals surface area contributed by atoms with E-state index in [0.717, 1.165) is 17.2 Å². The Bertz CT molecular complexity index is 686. The third-order valence-electron chi connectivity index (χ3n) is 3.46. The van der Waals surface area contributed by atoms with Crippen LogP contribution < -0.4 is 24.8 Å². The Balaban J connectivity index is 0.00000364. The fraction of sp³-hybridized carbons (Fsp3) is 0.368. The van der Waals surface area contributed by atoms with Crippen LogP contribution in [0.4, 0.5) is 0 Å². The highest BCUT2D eigenvalue weighted by atomic mass is 127. The Labute approximate surface area is 177 Å². The van der Waals surface area contributed by atoms with Gasteiger partial charge in [-0.25, -0.2) is 0 Å². The van der Waals surface area contributed by atoms with Crippen LogP contribution in [0.25, 0.3) is 0 Å². The highest BCUT2D eigenvalue weighted by Crippen LogP contribution is 2.19. The molecular formula is C19H27IN4O3. The van der Waals surface area contributed by atoms with Crippen LogP contribution in [0.2, 0.25) is 0 Å². The number of pyridine rings is 1. The van der Waals surface area contributed by atoms with Crippen LogP contribution >= 0.6 is 24.0 Å². The van der Waals surface area contributed by atoms with Crippen LogP contribution in [0.3, 0.4) is 0 Å². The van der Waals surface area contributed by atoms with Crippen molar-refractivity contribution in [1.29, 1.82) is 0 Å². The molecule has 0 spiro atoms. The Morgan fingerprint density at radius 3 is 2.63 bits per heavy atom. The lowest BCUT2D eigenvalue weighted by molar-refractivity contribution is 0.223. The lowest BCUT2D eigenvalue weighted by atomic mass is 10.3. The zero-order chi connectivity index (χ0) is 18.6. The first-order valence-corrected chi connectivity index (χ1v) is 8.49. The van der Waals surface area contributed by atoms with Gasteiger partial charge in [0.25, 0.3) is 0 Å². The second-order valence-electron chi connectivity index (χ2n) is 5.52. The Kier molecular flexibility index (Phi) is 11.0. The first-order valence-electron chi connectivity index (χ1n) is 8.49. The molecule has 1 aromatic carbocycles. The molecule has 8 heteroatoms. The number of aromatic nitrogens is 1. The number of hydrogen-bond donors (Lipinski definition) is 2. The summed E-state index contributed by atoms with van der Waals surface area (Å²) in [5.74, 6) is 2.98. The topological polar surface area (TPSA) is 77.0 Å². The fourth-order valence-corrected chi connectivity index (χ4v) is 2.18. The van der Waals surface area contributed by atoms with Crippen molar-refractivity contribution >= 4 is 29.9 Å². The van der Waals surface area contributed by atoms with E-state index in [4.69, 9.17) is 14.2 Å². The molecule has 0 radical (unpaired) electrons. The highest BCUT2D eigenvalue weighted by Gasteiger charge is 2.06. The molecule has 7 nitrogen and oxygen atoms in total. The maximum atomic E-state index is 5.88. The molecule has 0 amide bonds. The molecule has 2 N–H and O–H groups in total. The Morgan fingerprint density at radius 1 is 1.15 bits per heavy atom. The van der Waals surface area contributed by atoms with E-state index in [2.05, 4.69) is 20.6 Å². The number of hydrogen-bond acceptors (Lipinski definition) is 5. The second-order valence-corrected chi connectivity index (χ2v) is 5.52. The van der Waals surface area contributed by atoms with Gasteiger partial charge in [0.15, 0.2) is 5.96 Å². The number of methoxy groups -OCH3 is 1. The van der Waals surface area contributed by atoms with E-state index in [1.807, 2.05) is 43.3 Å². The molecule has 2 rings (SSSR count). The first kappa shape index (κ1) is 22.8. The van der Waals surface area contributed by atoms with Crippen molar-refractivity contribution in [3.8, 4) is 17.2 Å².